The summed E-state index contributed by atoms with van der Waals surface area (Å²) in [6.45, 7) is 0. The Hall–Kier alpha value is -2.07. The molecule has 0 saturated carbocycles. The minimum Gasteiger partial charge on any atom is -0.397 e. The minimum atomic E-state index is 0.695. The Morgan fingerprint density at radius 3 is 2.84 bits per heavy atom. The molecule has 0 fully saturated rings. The molecule has 3 rings (SSSR count). The summed E-state index contributed by atoms with van der Waals surface area (Å²) < 4.78 is 0. The molecule has 0 aliphatic heterocycles. The van der Waals surface area contributed by atoms with Gasteiger partial charge in [0.05, 0.1) is 22.4 Å². The third kappa shape index (κ3) is 2.85. The summed E-state index contributed by atoms with van der Waals surface area (Å²) in [7, 11) is 0. The van der Waals surface area contributed by atoms with Crippen molar-refractivity contribution in [3.8, 4) is 0 Å². The number of hydrogen-bond donors (Lipinski definition) is 1. The Morgan fingerprint density at radius 1 is 1.05 bits per heavy atom. The van der Waals surface area contributed by atoms with Gasteiger partial charge in [-0.05, 0) is 35.9 Å². The minimum absolute atomic E-state index is 0.695. The van der Waals surface area contributed by atoms with Crippen LogP contribution in [0, 0.1) is 0 Å². The van der Waals surface area contributed by atoms with E-state index < -0.39 is 0 Å². The van der Waals surface area contributed by atoms with Crippen molar-refractivity contribution in [2.75, 3.05) is 5.73 Å². The predicted octanol–water partition coefficient (Wildman–Crippen LogP) is 3.50. The molecule has 2 N–H and O–H groups in total. The van der Waals surface area contributed by atoms with Gasteiger partial charge >= 0.3 is 0 Å². The van der Waals surface area contributed by atoms with Crippen molar-refractivity contribution in [1.29, 1.82) is 0 Å². The maximum Gasteiger partial charge on any atom is 0.0964 e. The zero-order chi connectivity index (χ0) is 13.1. The smallest absolute Gasteiger partial charge is 0.0964 e. The summed E-state index contributed by atoms with van der Waals surface area (Å²) >= 11 is 1.70. The number of benzene rings is 1. The Morgan fingerprint density at radius 2 is 2.00 bits per heavy atom. The van der Waals surface area contributed by atoms with Gasteiger partial charge in [0.1, 0.15) is 0 Å². The number of nitrogens with zero attached hydrogens (tertiary/aromatic N) is 2. The van der Waals surface area contributed by atoms with E-state index in [4.69, 9.17) is 5.73 Å². The van der Waals surface area contributed by atoms with Crippen LogP contribution in [0.1, 0.15) is 5.56 Å². The molecule has 0 radical (unpaired) electrons. The largest absolute Gasteiger partial charge is 0.397 e. The average Bonchev–Trinajstić information content (AvgIpc) is 2.46. The van der Waals surface area contributed by atoms with Gasteiger partial charge in [0.15, 0.2) is 0 Å². The monoisotopic (exact) mass is 267 g/mol. The van der Waals surface area contributed by atoms with E-state index in [-0.39, 0.29) is 0 Å². The van der Waals surface area contributed by atoms with Crippen LogP contribution >= 0.6 is 11.8 Å². The number of hydrogen-bond acceptors (Lipinski definition) is 4. The second-order valence-electron chi connectivity index (χ2n) is 4.25. The lowest BCUT2D eigenvalue weighted by Gasteiger charge is -2.03. The zero-order valence-corrected chi connectivity index (χ0v) is 11.1. The SMILES string of the molecule is Nc1ccc(SCc2ccc3ncccc3c2)nc1. The third-order valence-corrected chi connectivity index (χ3v) is 3.83. The van der Waals surface area contributed by atoms with Gasteiger partial charge in [-0.3, -0.25) is 4.98 Å². The molecule has 0 spiro atoms. The van der Waals surface area contributed by atoms with Crippen LogP contribution < -0.4 is 5.73 Å². The molecule has 94 valence electrons. The normalized spacial score (nSPS) is 10.7. The lowest BCUT2D eigenvalue weighted by Crippen LogP contribution is -1.88. The third-order valence-electron chi connectivity index (χ3n) is 2.81. The molecule has 3 aromatic rings. The first-order chi connectivity index (χ1) is 9.31. The Kier molecular flexibility index (Phi) is 3.33. The predicted molar refractivity (Wildman–Crippen MR) is 80.0 cm³/mol. The van der Waals surface area contributed by atoms with E-state index in [0.717, 1.165) is 16.3 Å². The molecule has 2 heterocycles. The molecule has 3 nitrogen and oxygen atoms in total. The van der Waals surface area contributed by atoms with Crippen LogP contribution in [0.4, 0.5) is 5.69 Å². The van der Waals surface area contributed by atoms with E-state index in [1.165, 1.54) is 10.9 Å². The molecule has 0 aliphatic rings. The summed E-state index contributed by atoms with van der Waals surface area (Å²) in [6, 6.07) is 14.2. The van der Waals surface area contributed by atoms with Gasteiger partial charge in [0.25, 0.3) is 0 Å². The lowest BCUT2D eigenvalue weighted by atomic mass is 10.1. The van der Waals surface area contributed by atoms with Crippen LogP contribution in [0.25, 0.3) is 10.9 Å². The van der Waals surface area contributed by atoms with Crippen LogP contribution in [0.3, 0.4) is 0 Å². The molecule has 0 bridgehead atoms. The van der Waals surface area contributed by atoms with E-state index >= 15 is 0 Å². The summed E-state index contributed by atoms with van der Waals surface area (Å²) in [5, 5.41) is 2.16. The molecular formula is C15H13N3S. The summed E-state index contributed by atoms with van der Waals surface area (Å²) in [5.74, 6) is 0.891. The average molecular weight is 267 g/mol. The first kappa shape index (κ1) is 12.0. The highest BCUT2D eigenvalue weighted by atomic mass is 32.2. The van der Waals surface area contributed by atoms with Crippen LogP contribution in [0.5, 0.6) is 0 Å². The fraction of sp³-hybridized carbons (Fsp3) is 0.0667. The first-order valence-corrected chi connectivity index (χ1v) is 6.98. The molecule has 1 aromatic carbocycles. The molecule has 0 aliphatic carbocycles. The highest BCUT2D eigenvalue weighted by molar-refractivity contribution is 7.98. The quantitative estimate of drug-likeness (QED) is 0.738. The van der Waals surface area contributed by atoms with Crippen molar-refractivity contribution in [3.63, 3.8) is 0 Å². The number of nitrogens with two attached hydrogens (primary N) is 1. The van der Waals surface area contributed by atoms with Crippen molar-refractivity contribution >= 4 is 28.4 Å². The molecular weight excluding hydrogens is 254 g/mol. The van der Waals surface area contributed by atoms with Gasteiger partial charge in [-0.1, -0.05) is 12.1 Å². The first-order valence-electron chi connectivity index (χ1n) is 5.99. The van der Waals surface area contributed by atoms with Crippen molar-refractivity contribution in [2.24, 2.45) is 0 Å². The van der Waals surface area contributed by atoms with Crippen LogP contribution in [-0.2, 0) is 5.75 Å². The molecule has 19 heavy (non-hydrogen) atoms. The number of fused-ring (bicyclic) bond motifs is 1. The molecule has 0 unspecified atom stereocenters. The highest BCUT2D eigenvalue weighted by Crippen LogP contribution is 2.23. The van der Waals surface area contributed by atoms with E-state index in [9.17, 15) is 0 Å². The lowest BCUT2D eigenvalue weighted by molar-refractivity contribution is 1.13. The number of aromatic nitrogens is 2. The topological polar surface area (TPSA) is 51.8 Å². The summed E-state index contributed by atoms with van der Waals surface area (Å²) in [4.78, 5) is 8.60. The standard InChI is InChI=1S/C15H13N3S/c16-13-4-6-15(18-9-13)19-10-11-3-5-14-12(8-11)2-1-7-17-14/h1-9H,10,16H2. The molecule has 0 atom stereocenters. The molecule has 0 amide bonds. The van der Waals surface area contributed by atoms with Crippen LogP contribution in [-0.4, -0.2) is 9.97 Å². The molecule has 4 heteroatoms. The van der Waals surface area contributed by atoms with Gasteiger partial charge in [0, 0.05) is 17.3 Å². The van der Waals surface area contributed by atoms with Gasteiger partial charge in [0.2, 0.25) is 0 Å². The number of thioether (sulfide) groups is 1. The summed E-state index contributed by atoms with van der Waals surface area (Å²) in [6.07, 6.45) is 3.50. The maximum atomic E-state index is 5.62. The molecule has 2 aromatic heterocycles. The Labute approximate surface area is 115 Å². The molecule has 0 saturated heterocycles. The van der Waals surface area contributed by atoms with Crippen molar-refractivity contribution in [3.05, 3.63) is 60.4 Å². The zero-order valence-electron chi connectivity index (χ0n) is 10.3. The number of rotatable bonds is 3. The van der Waals surface area contributed by atoms with E-state index in [1.807, 2.05) is 24.4 Å². The maximum absolute atomic E-state index is 5.62. The number of nitrogen functional groups attached to an aromatic ring is 1. The Balaban J connectivity index is 1.76. The van der Waals surface area contributed by atoms with Crippen molar-refractivity contribution in [1.82, 2.24) is 9.97 Å². The fourth-order valence-corrected chi connectivity index (χ4v) is 2.63. The van der Waals surface area contributed by atoms with Gasteiger partial charge in [-0.15, -0.1) is 11.8 Å². The highest BCUT2D eigenvalue weighted by Gasteiger charge is 2.00. The van der Waals surface area contributed by atoms with Crippen LogP contribution in [0.15, 0.2) is 59.9 Å². The van der Waals surface area contributed by atoms with Gasteiger partial charge in [-0.25, -0.2) is 4.98 Å². The van der Waals surface area contributed by atoms with Crippen molar-refractivity contribution in [2.45, 2.75) is 10.8 Å². The summed E-state index contributed by atoms with van der Waals surface area (Å²) in [5.41, 5.74) is 8.61. The number of anilines is 1. The Bertz CT molecular complexity index is 695. The van der Waals surface area contributed by atoms with E-state index in [2.05, 4.69) is 34.2 Å². The van der Waals surface area contributed by atoms with Crippen molar-refractivity contribution < 1.29 is 0 Å². The van der Waals surface area contributed by atoms with Crippen LogP contribution in [0.2, 0.25) is 0 Å². The van der Waals surface area contributed by atoms with Gasteiger partial charge in [-0.2, -0.15) is 0 Å². The second-order valence-corrected chi connectivity index (χ2v) is 5.24. The fourth-order valence-electron chi connectivity index (χ4n) is 1.85. The second kappa shape index (κ2) is 5.28. The van der Waals surface area contributed by atoms with E-state index in [1.54, 1.807) is 18.0 Å². The number of pyridine rings is 2. The van der Waals surface area contributed by atoms with Gasteiger partial charge < -0.3 is 5.73 Å². The van der Waals surface area contributed by atoms with E-state index in [0.29, 0.717) is 5.69 Å².